The summed E-state index contributed by atoms with van der Waals surface area (Å²) in [5, 5.41) is 12.2. The number of methoxy groups -OCH3 is 2. The Morgan fingerprint density at radius 3 is 2.57 bits per heavy atom. The Balaban J connectivity index is 1.31. The van der Waals surface area contributed by atoms with E-state index in [-0.39, 0.29) is 11.6 Å². The van der Waals surface area contributed by atoms with E-state index in [9.17, 15) is 19.5 Å². The van der Waals surface area contributed by atoms with Gasteiger partial charge < -0.3 is 24.8 Å². The number of thiocarbonyl (C=S) groups is 1. The van der Waals surface area contributed by atoms with Crippen molar-refractivity contribution in [1.82, 2.24) is 20.0 Å². The van der Waals surface area contributed by atoms with E-state index in [0.717, 1.165) is 15.4 Å². The van der Waals surface area contributed by atoms with Gasteiger partial charge in [0, 0.05) is 12.3 Å². The predicted molar refractivity (Wildman–Crippen MR) is 166 cm³/mol. The number of rotatable bonds is 10. The lowest BCUT2D eigenvalue weighted by Crippen LogP contribution is -2.71. The first kappa shape index (κ1) is 30.2. The van der Waals surface area contributed by atoms with Gasteiger partial charge in [-0.3, -0.25) is 19.4 Å². The monoisotopic (exact) mass is 628 g/mol. The van der Waals surface area contributed by atoms with Gasteiger partial charge in [0.15, 0.2) is 11.5 Å². The third-order valence-corrected chi connectivity index (χ3v) is 10.5. The molecule has 2 amide bonds. The fourth-order valence-electron chi connectivity index (χ4n) is 5.34. The minimum absolute atomic E-state index is 0.0138. The SMILES string of the molecule is COc1ccc(CCN2CN(C(C(=O)NC3C(=O)N4C(C(=O)O)=C(C)CS[C@H]34)c3ccccc3)CSC2=S)cc1OC. The molecule has 0 radical (unpaired) electrons. The highest BCUT2D eigenvalue weighted by atomic mass is 32.2. The third kappa shape index (κ3) is 5.96. The average molecular weight is 629 g/mol. The molecular formula is C29H32N4O6S3. The van der Waals surface area contributed by atoms with Crippen LogP contribution in [0.4, 0.5) is 0 Å². The Morgan fingerprint density at radius 1 is 1.14 bits per heavy atom. The molecule has 2 saturated heterocycles. The molecule has 0 aliphatic carbocycles. The number of β-lactam (4-membered cyclic amide) rings is 1. The molecule has 5 rings (SSSR count). The number of carbonyl (C=O) groups excluding carboxylic acids is 2. The summed E-state index contributed by atoms with van der Waals surface area (Å²) in [5.41, 5.74) is 2.52. The van der Waals surface area contributed by atoms with Crippen molar-refractivity contribution >= 4 is 57.8 Å². The van der Waals surface area contributed by atoms with E-state index in [4.69, 9.17) is 21.7 Å². The molecule has 2 N–H and O–H groups in total. The predicted octanol–water partition coefficient (Wildman–Crippen LogP) is 3.30. The number of ether oxygens (including phenoxy) is 2. The third-order valence-electron chi connectivity index (χ3n) is 7.47. The molecule has 0 saturated carbocycles. The number of carbonyl (C=O) groups is 3. The van der Waals surface area contributed by atoms with Crippen LogP contribution in [0.1, 0.15) is 24.1 Å². The number of thioether (sulfide) groups is 2. The molecule has 2 aromatic rings. The molecule has 0 spiro atoms. The summed E-state index contributed by atoms with van der Waals surface area (Å²) < 4.78 is 11.5. The number of hydrogen-bond acceptors (Lipinski definition) is 9. The van der Waals surface area contributed by atoms with E-state index in [1.54, 1.807) is 21.1 Å². The van der Waals surface area contributed by atoms with Crippen molar-refractivity contribution in [3.8, 4) is 11.5 Å². The normalized spacial score (nSPS) is 21.4. The van der Waals surface area contributed by atoms with Crippen molar-refractivity contribution < 1.29 is 29.0 Å². The van der Waals surface area contributed by atoms with Gasteiger partial charge in [0.1, 0.15) is 27.5 Å². The van der Waals surface area contributed by atoms with Crippen molar-refractivity contribution in [3.05, 3.63) is 70.9 Å². The van der Waals surface area contributed by atoms with Crippen molar-refractivity contribution in [2.75, 3.05) is 39.1 Å². The number of aliphatic carboxylic acids is 1. The molecule has 3 heterocycles. The fourth-order valence-corrected chi connectivity index (χ4v) is 7.77. The van der Waals surface area contributed by atoms with Gasteiger partial charge in [-0.1, -0.05) is 60.4 Å². The molecular weight excluding hydrogens is 597 g/mol. The van der Waals surface area contributed by atoms with Gasteiger partial charge in [-0.15, -0.1) is 11.8 Å². The van der Waals surface area contributed by atoms with Crippen LogP contribution in [0.5, 0.6) is 11.5 Å². The molecule has 13 heteroatoms. The van der Waals surface area contributed by atoms with Gasteiger partial charge in [-0.2, -0.15) is 0 Å². The molecule has 3 atom stereocenters. The Hall–Kier alpha value is -3.26. The number of carboxylic acid groups (broad SMARTS) is 1. The largest absolute Gasteiger partial charge is 0.493 e. The number of hydrogen-bond donors (Lipinski definition) is 2. The molecule has 0 bridgehead atoms. The summed E-state index contributed by atoms with van der Waals surface area (Å²) in [7, 11) is 3.21. The van der Waals surface area contributed by atoms with E-state index in [2.05, 4.69) is 10.2 Å². The van der Waals surface area contributed by atoms with Gasteiger partial charge >= 0.3 is 5.97 Å². The van der Waals surface area contributed by atoms with E-state index in [1.807, 2.05) is 53.4 Å². The smallest absolute Gasteiger partial charge is 0.352 e. The first-order valence-corrected chi connectivity index (χ1v) is 15.8. The Labute approximate surface area is 258 Å². The summed E-state index contributed by atoms with van der Waals surface area (Å²) >= 11 is 8.63. The lowest BCUT2D eigenvalue weighted by molar-refractivity contribution is -0.151. The van der Waals surface area contributed by atoms with Gasteiger partial charge in [0.05, 0.1) is 26.8 Å². The highest BCUT2D eigenvalue weighted by Crippen LogP contribution is 2.40. The number of carboxylic acids is 1. The number of nitrogens with zero attached hydrogens (tertiary/aromatic N) is 3. The summed E-state index contributed by atoms with van der Waals surface area (Å²) in [6.45, 7) is 2.78. The summed E-state index contributed by atoms with van der Waals surface area (Å²) in [6, 6.07) is 13.8. The lowest BCUT2D eigenvalue weighted by Gasteiger charge is -2.49. The van der Waals surface area contributed by atoms with Gasteiger partial charge in [0.2, 0.25) is 5.91 Å². The number of amides is 2. The van der Waals surface area contributed by atoms with Crippen LogP contribution in [-0.4, -0.2) is 92.4 Å². The van der Waals surface area contributed by atoms with Crippen molar-refractivity contribution in [3.63, 3.8) is 0 Å². The first-order valence-electron chi connectivity index (χ1n) is 13.3. The summed E-state index contributed by atoms with van der Waals surface area (Å²) in [4.78, 5) is 44.2. The van der Waals surface area contributed by atoms with Crippen LogP contribution >= 0.6 is 35.7 Å². The van der Waals surface area contributed by atoms with Crippen LogP contribution in [0.2, 0.25) is 0 Å². The van der Waals surface area contributed by atoms with Crippen LogP contribution < -0.4 is 14.8 Å². The number of benzene rings is 2. The van der Waals surface area contributed by atoms with Crippen LogP contribution in [0.15, 0.2) is 59.8 Å². The minimum atomic E-state index is -1.13. The highest BCUT2D eigenvalue weighted by Gasteiger charge is 2.54. The Bertz CT molecular complexity index is 1420. The summed E-state index contributed by atoms with van der Waals surface area (Å²) in [6.07, 6.45) is 0.710. The Kier molecular flexibility index (Phi) is 9.31. The minimum Gasteiger partial charge on any atom is -0.493 e. The second-order valence-corrected chi connectivity index (χ2v) is 12.8. The van der Waals surface area contributed by atoms with Crippen LogP contribution in [0.25, 0.3) is 0 Å². The van der Waals surface area contributed by atoms with Gasteiger partial charge in [0.25, 0.3) is 5.91 Å². The maximum atomic E-state index is 13.9. The topological polar surface area (TPSA) is 112 Å². The average Bonchev–Trinajstić information content (AvgIpc) is 3.00. The molecule has 2 aromatic carbocycles. The van der Waals surface area contributed by atoms with E-state index in [0.29, 0.717) is 48.3 Å². The van der Waals surface area contributed by atoms with Crippen LogP contribution in [0, 0.1) is 0 Å². The van der Waals surface area contributed by atoms with Gasteiger partial charge in [-0.25, -0.2) is 4.79 Å². The second-order valence-electron chi connectivity index (χ2n) is 10.1. The zero-order chi connectivity index (χ0) is 30.0. The van der Waals surface area contributed by atoms with Crippen molar-refractivity contribution in [2.45, 2.75) is 30.8 Å². The highest BCUT2D eigenvalue weighted by molar-refractivity contribution is 8.22. The van der Waals surface area contributed by atoms with E-state index < -0.39 is 29.3 Å². The van der Waals surface area contributed by atoms with E-state index in [1.165, 1.54) is 28.4 Å². The summed E-state index contributed by atoms with van der Waals surface area (Å²) in [5.74, 6) is 0.471. The zero-order valence-electron chi connectivity index (χ0n) is 23.4. The molecule has 3 aliphatic rings. The van der Waals surface area contributed by atoms with Crippen LogP contribution in [0.3, 0.4) is 0 Å². The molecule has 10 nitrogen and oxygen atoms in total. The van der Waals surface area contributed by atoms with Gasteiger partial charge in [-0.05, 0) is 42.2 Å². The van der Waals surface area contributed by atoms with Crippen molar-refractivity contribution in [2.24, 2.45) is 0 Å². The first-order chi connectivity index (χ1) is 20.2. The second kappa shape index (κ2) is 12.9. The standard InChI is InChI=1S/C29H32N4O6S3/c1-17-14-41-27-22(26(35)33(27)23(17)28(36)37)30-25(34)24(19-7-5-4-6-8-19)32-15-31(29(40)42-16-32)12-11-18-9-10-20(38-2)21(13-18)39-3/h4-10,13,22,24,27H,11-12,14-16H2,1-3H3,(H,30,34)(H,36,37)/t22?,24?,27-/m1/s1. The quantitative estimate of drug-likeness (QED) is 0.299. The molecule has 0 aromatic heterocycles. The molecule has 2 unspecified atom stereocenters. The van der Waals surface area contributed by atoms with E-state index >= 15 is 0 Å². The molecule has 2 fully saturated rings. The zero-order valence-corrected chi connectivity index (χ0v) is 25.9. The van der Waals surface area contributed by atoms with Crippen LogP contribution in [-0.2, 0) is 20.8 Å². The van der Waals surface area contributed by atoms with Crippen molar-refractivity contribution in [1.29, 1.82) is 0 Å². The molecule has 222 valence electrons. The molecule has 42 heavy (non-hydrogen) atoms. The fraction of sp³-hybridized carbons (Fsp3) is 0.379. The molecule has 3 aliphatic heterocycles. The maximum absolute atomic E-state index is 13.9. The Morgan fingerprint density at radius 2 is 1.88 bits per heavy atom. The lowest BCUT2D eigenvalue weighted by atomic mass is 10.0. The number of nitrogens with one attached hydrogen (secondary N) is 1. The number of fused-ring (bicyclic) bond motifs is 1. The maximum Gasteiger partial charge on any atom is 0.352 e.